The highest BCUT2D eigenvalue weighted by Gasteiger charge is 2.50. The quantitative estimate of drug-likeness (QED) is 0.810. The van der Waals surface area contributed by atoms with Crippen LogP contribution in [0.15, 0.2) is 0 Å². The lowest BCUT2D eigenvalue weighted by molar-refractivity contribution is -0.140. The zero-order valence-electron chi connectivity index (χ0n) is 12.4. The molecular weight excluding hydrogens is 290 g/mol. The van der Waals surface area contributed by atoms with Gasteiger partial charge in [0.2, 0.25) is 11.8 Å². The fourth-order valence-electron chi connectivity index (χ4n) is 4.63. The summed E-state index contributed by atoms with van der Waals surface area (Å²) >= 11 is 0. The van der Waals surface area contributed by atoms with Crippen molar-refractivity contribution in [2.24, 2.45) is 35.1 Å². The van der Waals surface area contributed by atoms with E-state index in [2.05, 4.69) is 0 Å². The van der Waals surface area contributed by atoms with E-state index in [0.717, 1.165) is 32.2 Å². The van der Waals surface area contributed by atoms with Crippen LogP contribution in [0.4, 0.5) is 0 Å². The van der Waals surface area contributed by atoms with Gasteiger partial charge >= 0.3 is 0 Å². The van der Waals surface area contributed by atoms with Gasteiger partial charge in [-0.3, -0.25) is 9.59 Å². The summed E-state index contributed by atoms with van der Waals surface area (Å²) in [7, 11) is 0. The second kappa shape index (κ2) is 6.53. The minimum absolute atomic E-state index is 0. The summed E-state index contributed by atoms with van der Waals surface area (Å²) in [6, 6.07) is 0.0535. The average Bonchev–Trinajstić information content (AvgIpc) is 2.98. The predicted octanol–water partition coefficient (Wildman–Crippen LogP) is 0.896. The molecule has 5 atom stereocenters. The van der Waals surface area contributed by atoms with Crippen LogP contribution in [0.25, 0.3) is 0 Å². The number of hydrogen-bond acceptors (Lipinski definition) is 3. The molecule has 0 spiro atoms. The van der Waals surface area contributed by atoms with E-state index in [4.69, 9.17) is 11.5 Å². The molecule has 1 heterocycles. The summed E-state index contributed by atoms with van der Waals surface area (Å²) in [5.74, 6) is 1.29. The van der Waals surface area contributed by atoms with E-state index in [9.17, 15) is 9.59 Å². The lowest BCUT2D eigenvalue weighted by atomic mass is 9.83. The third-order valence-corrected chi connectivity index (χ3v) is 5.59. The molecule has 3 rings (SSSR count). The van der Waals surface area contributed by atoms with Crippen LogP contribution in [-0.2, 0) is 9.59 Å². The highest BCUT2D eigenvalue weighted by molar-refractivity contribution is 5.85. The Morgan fingerprint density at radius 1 is 1.14 bits per heavy atom. The molecule has 1 saturated heterocycles. The number of halogens is 1. The number of carbonyl (C=O) groups is 2. The molecule has 21 heavy (non-hydrogen) atoms. The van der Waals surface area contributed by atoms with Gasteiger partial charge < -0.3 is 16.4 Å². The number of amides is 2. The van der Waals surface area contributed by atoms with E-state index in [1.165, 1.54) is 6.42 Å². The molecule has 4 N–H and O–H groups in total. The van der Waals surface area contributed by atoms with Crippen molar-refractivity contribution in [3.63, 3.8) is 0 Å². The molecule has 0 aromatic rings. The number of fused-ring (bicyclic) bond motifs is 2. The molecule has 0 aromatic carbocycles. The Labute approximate surface area is 132 Å². The van der Waals surface area contributed by atoms with Crippen LogP contribution in [0.5, 0.6) is 0 Å². The van der Waals surface area contributed by atoms with E-state index >= 15 is 0 Å². The molecule has 3 fully saturated rings. The molecule has 5 nitrogen and oxygen atoms in total. The summed E-state index contributed by atoms with van der Waals surface area (Å²) in [4.78, 5) is 25.8. The van der Waals surface area contributed by atoms with E-state index < -0.39 is 0 Å². The standard InChI is InChI=1S/C15H25N3O2.ClH/c16-12(19)6-9-2-1-5-18(8-9)15(20)13-10-3-4-11(7-10)14(13)17;/h9-11,13-14H,1-8,17H2,(H2,16,19);1H. The van der Waals surface area contributed by atoms with E-state index in [0.29, 0.717) is 24.8 Å². The molecule has 1 aliphatic heterocycles. The molecule has 0 aromatic heterocycles. The van der Waals surface area contributed by atoms with Gasteiger partial charge in [0.15, 0.2) is 0 Å². The number of carbonyl (C=O) groups excluding carboxylic acids is 2. The smallest absolute Gasteiger partial charge is 0.227 e. The van der Waals surface area contributed by atoms with Gasteiger partial charge in [0, 0.05) is 25.6 Å². The van der Waals surface area contributed by atoms with Crippen molar-refractivity contribution in [1.82, 2.24) is 4.90 Å². The average molecular weight is 316 g/mol. The van der Waals surface area contributed by atoms with Crippen molar-refractivity contribution in [3.8, 4) is 0 Å². The van der Waals surface area contributed by atoms with Crippen LogP contribution in [0.3, 0.4) is 0 Å². The van der Waals surface area contributed by atoms with Crippen LogP contribution in [0.1, 0.15) is 38.5 Å². The maximum atomic E-state index is 12.8. The van der Waals surface area contributed by atoms with Crippen LogP contribution in [0.2, 0.25) is 0 Å². The Bertz CT molecular complexity index is 416. The summed E-state index contributed by atoms with van der Waals surface area (Å²) in [5, 5.41) is 0. The van der Waals surface area contributed by atoms with Gasteiger partial charge in [-0.25, -0.2) is 0 Å². The van der Waals surface area contributed by atoms with Gasteiger partial charge in [-0.15, -0.1) is 12.4 Å². The molecule has 6 heteroatoms. The minimum atomic E-state index is -0.263. The molecule has 0 radical (unpaired) electrons. The fourth-order valence-corrected chi connectivity index (χ4v) is 4.63. The number of primary amides is 1. The first kappa shape index (κ1) is 16.6. The number of nitrogens with two attached hydrogens (primary N) is 2. The number of likely N-dealkylation sites (tertiary alicyclic amines) is 1. The van der Waals surface area contributed by atoms with Gasteiger partial charge in [-0.05, 0) is 49.9 Å². The maximum Gasteiger partial charge on any atom is 0.227 e. The van der Waals surface area contributed by atoms with Gasteiger partial charge in [0.25, 0.3) is 0 Å². The maximum absolute atomic E-state index is 12.8. The number of rotatable bonds is 3. The van der Waals surface area contributed by atoms with Crippen molar-refractivity contribution < 1.29 is 9.59 Å². The molecule has 120 valence electrons. The highest BCUT2D eigenvalue weighted by Crippen LogP contribution is 2.48. The first-order chi connectivity index (χ1) is 9.56. The molecule has 2 amide bonds. The third kappa shape index (κ3) is 3.19. The Hall–Kier alpha value is -0.810. The molecule has 2 saturated carbocycles. The number of nitrogens with zero attached hydrogens (tertiary/aromatic N) is 1. The van der Waals surface area contributed by atoms with Crippen molar-refractivity contribution in [2.45, 2.75) is 44.6 Å². The first-order valence-electron chi connectivity index (χ1n) is 7.89. The molecule has 5 unspecified atom stereocenters. The molecule has 3 aliphatic rings. The van der Waals surface area contributed by atoms with E-state index in [1.54, 1.807) is 0 Å². The fraction of sp³-hybridized carbons (Fsp3) is 0.867. The van der Waals surface area contributed by atoms with Crippen molar-refractivity contribution >= 4 is 24.2 Å². The van der Waals surface area contributed by atoms with Gasteiger partial charge in [-0.2, -0.15) is 0 Å². The zero-order chi connectivity index (χ0) is 14.3. The van der Waals surface area contributed by atoms with Crippen LogP contribution in [-0.4, -0.2) is 35.8 Å². The molecular formula is C15H26ClN3O2. The van der Waals surface area contributed by atoms with E-state index in [-0.39, 0.29) is 42.1 Å². The zero-order valence-corrected chi connectivity index (χ0v) is 13.2. The second-order valence-corrected chi connectivity index (χ2v) is 6.90. The number of hydrogen-bond donors (Lipinski definition) is 2. The normalized spacial score (nSPS) is 38.1. The summed E-state index contributed by atoms with van der Waals surface area (Å²) in [6.07, 6.45) is 5.85. The summed E-state index contributed by atoms with van der Waals surface area (Å²) < 4.78 is 0. The molecule has 2 bridgehead atoms. The Morgan fingerprint density at radius 3 is 2.48 bits per heavy atom. The van der Waals surface area contributed by atoms with Crippen LogP contribution >= 0.6 is 12.4 Å². The largest absolute Gasteiger partial charge is 0.370 e. The van der Waals surface area contributed by atoms with Crippen LogP contribution < -0.4 is 11.5 Å². The monoisotopic (exact) mass is 315 g/mol. The second-order valence-electron chi connectivity index (χ2n) is 6.90. The van der Waals surface area contributed by atoms with E-state index in [1.807, 2.05) is 4.90 Å². The molecule has 2 aliphatic carbocycles. The number of piperidine rings is 1. The van der Waals surface area contributed by atoms with Gasteiger partial charge in [-0.1, -0.05) is 0 Å². The van der Waals surface area contributed by atoms with Crippen molar-refractivity contribution in [2.75, 3.05) is 13.1 Å². The van der Waals surface area contributed by atoms with Gasteiger partial charge in [0.1, 0.15) is 0 Å². The minimum Gasteiger partial charge on any atom is -0.370 e. The lowest BCUT2D eigenvalue weighted by Gasteiger charge is -2.37. The van der Waals surface area contributed by atoms with Gasteiger partial charge in [0.05, 0.1) is 5.92 Å². The first-order valence-corrected chi connectivity index (χ1v) is 7.89. The summed E-state index contributed by atoms with van der Waals surface area (Å²) in [5.41, 5.74) is 11.5. The van der Waals surface area contributed by atoms with Crippen LogP contribution in [0, 0.1) is 23.7 Å². The Kier molecular flexibility index (Phi) is 5.15. The van der Waals surface area contributed by atoms with Crippen molar-refractivity contribution in [3.05, 3.63) is 0 Å². The highest BCUT2D eigenvalue weighted by atomic mass is 35.5. The Morgan fingerprint density at radius 2 is 1.86 bits per heavy atom. The predicted molar refractivity (Wildman–Crippen MR) is 82.7 cm³/mol. The SMILES string of the molecule is Cl.NC(=O)CC1CCCN(C(=O)C2C3CCC(C3)C2N)C1. The summed E-state index contributed by atoms with van der Waals surface area (Å²) in [6.45, 7) is 1.50. The third-order valence-electron chi connectivity index (χ3n) is 5.59. The topological polar surface area (TPSA) is 89.4 Å². The van der Waals surface area contributed by atoms with Crippen molar-refractivity contribution in [1.29, 1.82) is 0 Å². The Balaban J connectivity index is 0.00000161. The lowest BCUT2D eigenvalue weighted by Crippen LogP contribution is -2.50.